The highest BCUT2D eigenvalue weighted by atomic mass is 32.2. The smallest absolute Gasteiger partial charge is 0.243 e. The number of nitrogens with zero attached hydrogens (tertiary/aromatic N) is 2. The van der Waals surface area contributed by atoms with Crippen molar-refractivity contribution in [2.24, 2.45) is 0 Å². The van der Waals surface area contributed by atoms with Crippen molar-refractivity contribution in [3.63, 3.8) is 0 Å². The van der Waals surface area contributed by atoms with E-state index in [1.54, 1.807) is 24.3 Å². The molecule has 4 rings (SSSR count). The first kappa shape index (κ1) is 21.1. The highest BCUT2D eigenvalue weighted by Gasteiger charge is 2.39. The van der Waals surface area contributed by atoms with Crippen LogP contribution in [0.5, 0.6) is 0 Å². The molecular formula is C22H29N3O4S. The van der Waals surface area contributed by atoms with E-state index in [1.807, 2.05) is 24.0 Å². The Morgan fingerprint density at radius 3 is 2.53 bits per heavy atom. The number of benzene rings is 1. The molecule has 0 bridgehead atoms. The molecule has 2 fully saturated rings. The molecule has 0 saturated carbocycles. The number of piperidine rings is 1. The number of hydrogen-bond donors (Lipinski definition) is 1. The molecule has 1 aromatic carbocycles. The normalized spacial score (nSPS) is 21.4. The second-order valence-corrected chi connectivity index (χ2v) is 9.88. The first-order valence-corrected chi connectivity index (χ1v) is 12.1. The van der Waals surface area contributed by atoms with E-state index in [0.29, 0.717) is 31.8 Å². The van der Waals surface area contributed by atoms with E-state index in [1.165, 1.54) is 4.31 Å². The first-order chi connectivity index (χ1) is 14.5. The van der Waals surface area contributed by atoms with Crippen LogP contribution in [0, 0.1) is 6.92 Å². The molecule has 1 amide bonds. The summed E-state index contributed by atoms with van der Waals surface area (Å²) in [5, 5.41) is 3.29. The summed E-state index contributed by atoms with van der Waals surface area (Å²) in [6, 6.07) is 9.85. The minimum absolute atomic E-state index is 0.0651. The van der Waals surface area contributed by atoms with Crippen molar-refractivity contribution in [1.82, 2.24) is 14.5 Å². The number of furan rings is 1. The summed E-state index contributed by atoms with van der Waals surface area (Å²) in [5.41, 5.74) is 0.824. The number of carbonyl (C=O) groups is 1. The Bertz CT molecular complexity index is 976. The predicted octanol–water partition coefficient (Wildman–Crippen LogP) is 2.62. The van der Waals surface area contributed by atoms with Crippen molar-refractivity contribution in [1.29, 1.82) is 0 Å². The molecule has 2 saturated heterocycles. The van der Waals surface area contributed by atoms with Gasteiger partial charge in [0.25, 0.3) is 0 Å². The fourth-order valence-electron chi connectivity index (χ4n) is 4.23. The van der Waals surface area contributed by atoms with Crippen LogP contribution in [0.3, 0.4) is 0 Å². The summed E-state index contributed by atoms with van der Waals surface area (Å²) in [4.78, 5) is 15.3. The molecule has 2 aliphatic rings. The Hall–Kier alpha value is -2.16. The predicted molar refractivity (Wildman–Crippen MR) is 114 cm³/mol. The highest BCUT2D eigenvalue weighted by molar-refractivity contribution is 7.89. The van der Waals surface area contributed by atoms with Crippen LogP contribution in [0.15, 0.2) is 45.7 Å². The van der Waals surface area contributed by atoms with Crippen molar-refractivity contribution in [2.75, 3.05) is 32.7 Å². The van der Waals surface area contributed by atoms with Gasteiger partial charge in [0.1, 0.15) is 17.6 Å². The van der Waals surface area contributed by atoms with Crippen LogP contribution in [-0.2, 0) is 14.8 Å². The van der Waals surface area contributed by atoms with Gasteiger partial charge >= 0.3 is 0 Å². The van der Waals surface area contributed by atoms with Gasteiger partial charge in [0.15, 0.2) is 0 Å². The maximum atomic E-state index is 13.4. The molecule has 0 spiro atoms. The van der Waals surface area contributed by atoms with Crippen LogP contribution in [-0.4, -0.2) is 62.3 Å². The van der Waals surface area contributed by atoms with Crippen LogP contribution in [0.25, 0.3) is 11.3 Å². The fourth-order valence-corrected chi connectivity index (χ4v) is 5.88. The van der Waals surface area contributed by atoms with Gasteiger partial charge in [0.2, 0.25) is 15.9 Å². The number of sulfonamides is 1. The lowest BCUT2D eigenvalue weighted by Crippen LogP contribution is -2.53. The van der Waals surface area contributed by atoms with Gasteiger partial charge in [-0.05, 0) is 69.1 Å². The zero-order chi connectivity index (χ0) is 21.1. The SMILES string of the molecule is Cc1ccc(-c2ccc(S(=O)(=O)N3CCCC[C@H]3C(=O)N3CCCNCC3)cc2)o1. The summed E-state index contributed by atoms with van der Waals surface area (Å²) in [6.45, 7) is 5.19. The van der Waals surface area contributed by atoms with Gasteiger partial charge in [-0.2, -0.15) is 4.31 Å². The van der Waals surface area contributed by atoms with Gasteiger partial charge in [-0.3, -0.25) is 4.79 Å². The lowest BCUT2D eigenvalue weighted by Gasteiger charge is -2.36. The van der Waals surface area contributed by atoms with E-state index < -0.39 is 16.1 Å². The third-order valence-electron chi connectivity index (χ3n) is 5.88. The lowest BCUT2D eigenvalue weighted by molar-refractivity contribution is -0.136. The van der Waals surface area contributed by atoms with Crippen molar-refractivity contribution in [2.45, 2.75) is 43.5 Å². The Kier molecular flexibility index (Phi) is 6.26. The number of amides is 1. The first-order valence-electron chi connectivity index (χ1n) is 10.6. The highest BCUT2D eigenvalue weighted by Crippen LogP contribution is 2.29. The quantitative estimate of drug-likeness (QED) is 0.805. The second kappa shape index (κ2) is 8.91. The summed E-state index contributed by atoms with van der Waals surface area (Å²) in [5.74, 6) is 1.45. The van der Waals surface area contributed by atoms with Crippen molar-refractivity contribution in [3.8, 4) is 11.3 Å². The zero-order valence-corrected chi connectivity index (χ0v) is 18.2. The summed E-state index contributed by atoms with van der Waals surface area (Å²) in [6.07, 6.45) is 3.10. The molecule has 7 nitrogen and oxygen atoms in total. The molecule has 0 aliphatic carbocycles. The van der Waals surface area contributed by atoms with Crippen LogP contribution in [0.4, 0.5) is 0 Å². The molecule has 2 aromatic rings. The lowest BCUT2D eigenvalue weighted by atomic mass is 10.0. The monoisotopic (exact) mass is 431 g/mol. The molecule has 162 valence electrons. The molecule has 3 heterocycles. The summed E-state index contributed by atoms with van der Waals surface area (Å²) < 4.78 is 33.9. The third-order valence-corrected chi connectivity index (χ3v) is 7.80. The Labute approximate surface area is 178 Å². The van der Waals surface area contributed by atoms with Crippen LogP contribution >= 0.6 is 0 Å². The van der Waals surface area contributed by atoms with E-state index >= 15 is 0 Å². The van der Waals surface area contributed by atoms with E-state index in [0.717, 1.165) is 43.7 Å². The van der Waals surface area contributed by atoms with Crippen molar-refractivity contribution in [3.05, 3.63) is 42.2 Å². The van der Waals surface area contributed by atoms with Gasteiger partial charge < -0.3 is 14.6 Å². The molecule has 1 atom stereocenters. The molecule has 1 aromatic heterocycles. The number of aryl methyl sites for hydroxylation is 1. The molecule has 2 aliphatic heterocycles. The van der Waals surface area contributed by atoms with E-state index in [-0.39, 0.29) is 10.8 Å². The van der Waals surface area contributed by atoms with Gasteiger partial charge in [-0.15, -0.1) is 0 Å². The minimum Gasteiger partial charge on any atom is -0.461 e. The largest absolute Gasteiger partial charge is 0.461 e. The maximum absolute atomic E-state index is 13.4. The number of nitrogens with one attached hydrogen (secondary N) is 1. The third kappa shape index (κ3) is 4.31. The standard InChI is InChI=1S/C22H29N3O4S/c1-17-6-11-21(29-17)18-7-9-19(10-8-18)30(27,28)25-15-3-2-5-20(25)22(26)24-14-4-12-23-13-16-24/h6-11,20,23H,2-5,12-16H2,1H3/t20-/m0/s1. The Morgan fingerprint density at radius 1 is 1.00 bits per heavy atom. The van der Waals surface area contributed by atoms with Gasteiger partial charge in [0, 0.05) is 31.7 Å². The van der Waals surface area contributed by atoms with E-state index in [4.69, 9.17) is 4.42 Å². The van der Waals surface area contributed by atoms with E-state index in [9.17, 15) is 13.2 Å². The number of carbonyl (C=O) groups excluding carboxylic acids is 1. The summed E-state index contributed by atoms with van der Waals surface area (Å²) >= 11 is 0. The average molecular weight is 432 g/mol. The number of rotatable bonds is 4. The zero-order valence-electron chi connectivity index (χ0n) is 17.3. The molecule has 8 heteroatoms. The fraction of sp³-hybridized carbons (Fsp3) is 0.500. The van der Waals surface area contributed by atoms with Gasteiger partial charge in [-0.1, -0.05) is 6.42 Å². The molecule has 30 heavy (non-hydrogen) atoms. The Balaban J connectivity index is 1.57. The second-order valence-electron chi connectivity index (χ2n) is 7.99. The van der Waals surface area contributed by atoms with Crippen LogP contribution in [0.1, 0.15) is 31.4 Å². The van der Waals surface area contributed by atoms with Crippen molar-refractivity contribution < 1.29 is 17.6 Å². The van der Waals surface area contributed by atoms with E-state index in [2.05, 4.69) is 5.32 Å². The number of hydrogen-bond acceptors (Lipinski definition) is 5. The maximum Gasteiger partial charge on any atom is 0.243 e. The molecule has 0 unspecified atom stereocenters. The average Bonchev–Trinajstić information content (AvgIpc) is 3.02. The minimum atomic E-state index is -3.76. The molecule has 0 radical (unpaired) electrons. The van der Waals surface area contributed by atoms with Crippen LogP contribution < -0.4 is 5.32 Å². The van der Waals surface area contributed by atoms with Crippen LogP contribution in [0.2, 0.25) is 0 Å². The van der Waals surface area contributed by atoms with Gasteiger partial charge in [-0.25, -0.2) is 8.42 Å². The molecule has 1 N–H and O–H groups in total. The summed E-state index contributed by atoms with van der Waals surface area (Å²) in [7, 11) is -3.76. The topological polar surface area (TPSA) is 82.9 Å². The molecular weight excluding hydrogens is 402 g/mol. The van der Waals surface area contributed by atoms with Gasteiger partial charge in [0.05, 0.1) is 4.90 Å². The van der Waals surface area contributed by atoms with Crippen molar-refractivity contribution >= 4 is 15.9 Å². The Morgan fingerprint density at radius 2 is 1.80 bits per heavy atom.